The number of thiazole rings is 1. The Bertz CT molecular complexity index is 1250. The summed E-state index contributed by atoms with van der Waals surface area (Å²) >= 11 is 2.76. The first-order chi connectivity index (χ1) is 15.6. The number of benzene rings is 2. The van der Waals surface area contributed by atoms with Gasteiger partial charge in [-0.05, 0) is 44.0 Å². The summed E-state index contributed by atoms with van der Waals surface area (Å²) < 4.78 is 16.4. The zero-order valence-corrected chi connectivity index (χ0v) is 18.9. The number of hydrogen-bond donors (Lipinski definition) is 0. The lowest BCUT2D eigenvalue weighted by Crippen LogP contribution is -2.27. The van der Waals surface area contributed by atoms with E-state index < -0.39 is 0 Å². The van der Waals surface area contributed by atoms with Crippen LogP contribution in [0.4, 0.5) is 15.2 Å². The number of para-hydroxylation sites is 1. The smallest absolute Gasteiger partial charge is 0.243 e. The highest BCUT2D eigenvalue weighted by Crippen LogP contribution is 2.41. The lowest BCUT2D eigenvalue weighted by atomic mass is 10.2. The van der Waals surface area contributed by atoms with E-state index in [2.05, 4.69) is 15.2 Å². The Morgan fingerprint density at radius 2 is 1.91 bits per heavy atom. The predicted octanol–water partition coefficient (Wildman–Crippen LogP) is 5.64. The molecule has 1 fully saturated rings. The summed E-state index contributed by atoms with van der Waals surface area (Å²) in [7, 11) is 0. The summed E-state index contributed by atoms with van der Waals surface area (Å²) in [6, 6.07) is 16.3. The summed E-state index contributed by atoms with van der Waals surface area (Å²) in [6.07, 6.45) is 1.99. The van der Waals surface area contributed by atoms with E-state index in [1.807, 2.05) is 47.2 Å². The number of carbonyl (C=O) groups excluding carboxylic acids is 1. The molecule has 4 aromatic rings. The SMILES string of the molecule is Cc1csc(N(C(=O)CSc2nnc(-c3ccccc3F)n2C2CC2)c2ccccc2)n1. The molecule has 0 aliphatic heterocycles. The third-order valence-electron chi connectivity index (χ3n) is 5.08. The second kappa shape index (κ2) is 8.84. The van der Waals surface area contributed by atoms with Crippen molar-refractivity contribution >= 4 is 39.8 Å². The van der Waals surface area contributed by atoms with Crippen LogP contribution in [0.15, 0.2) is 65.1 Å². The van der Waals surface area contributed by atoms with Gasteiger partial charge in [0.15, 0.2) is 16.1 Å². The third kappa shape index (κ3) is 4.18. The fraction of sp³-hybridized carbons (Fsp3) is 0.217. The van der Waals surface area contributed by atoms with Crippen molar-refractivity contribution in [3.8, 4) is 11.4 Å². The molecule has 0 unspecified atom stereocenters. The van der Waals surface area contributed by atoms with Gasteiger partial charge in [-0.3, -0.25) is 14.3 Å². The number of anilines is 2. The van der Waals surface area contributed by atoms with Gasteiger partial charge < -0.3 is 0 Å². The molecule has 2 aromatic carbocycles. The maximum atomic E-state index is 14.4. The zero-order chi connectivity index (χ0) is 22.1. The highest BCUT2D eigenvalue weighted by atomic mass is 32.2. The Kier molecular flexibility index (Phi) is 5.75. The van der Waals surface area contributed by atoms with E-state index in [9.17, 15) is 9.18 Å². The molecule has 0 radical (unpaired) electrons. The fourth-order valence-corrected chi connectivity index (χ4v) is 5.13. The van der Waals surface area contributed by atoms with Crippen molar-refractivity contribution in [1.29, 1.82) is 0 Å². The molecule has 9 heteroatoms. The summed E-state index contributed by atoms with van der Waals surface area (Å²) in [6.45, 7) is 1.91. The topological polar surface area (TPSA) is 63.9 Å². The number of amides is 1. The van der Waals surface area contributed by atoms with E-state index in [0.29, 0.717) is 21.7 Å². The van der Waals surface area contributed by atoms with E-state index in [1.165, 1.54) is 29.2 Å². The molecule has 32 heavy (non-hydrogen) atoms. The Morgan fingerprint density at radius 1 is 1.16 bits per heavy atom. The monoisotopic (exact) mass is 465 g/mol. The molecule has 2 aromatic heterocycles. The van der Waals surface area contributed by atoms with Crippen LogP contribution in [0, 0.1) is 12.7 Å². The first-order valence-electron chi connectivity index (χ1n) is 10.2. The second-order valence-electron chi connectivity index (χ2n) is 7.51. The van der Waals surface area contributed by atoms with Gasteiger partial charge in [-0.2, -0.15) is 0 Å². The summed E-state index contributed by atoms with van der Waals surface area (Å²) in [5, 5.41) is 11.8. The molecule has 1 aliphatic carbocycles. The molecular formula is C23H20FN5OS2. The maximum absolute atomic E-state index is 14.4. The van der Waals surface area contributed by atoms with E-state index in [0.717, 1.165) is 24.2 Å². The lowest BCUT2D eigenvalue weighted by molar-refractivity contribution is -0.115. The molecular weight excluding hydrogens is 445 g/mol. The van der Waals surface area contributed by atoms with Crippen molar-refractivity contribution in [2.24, 2.45) is 0 Å². The van der Waals surface area contributed by atoms with Gasteiger partial charge in [0, 0.05) is 11.4 Å². The Morgan fingerprint density at radius 3 is 2.59 bits per heavy atom. The number of halogens is 1. The quantitative estimate of drug-likeness (QED) is 0.331. The van der Waals surface area contributed by atoms with Crippen molar-refractivity contribution in [2.45, 2.75) is 31.0 Å². The number of carbonyl (C=O) groups is 1. The Labute approximate surface area is 193 Å². The molecule has 0 saturated heterocycles. The fourth-order valence-electron chi connectivity index (χ4n) is 3.44. The molecule has 0 spiro atoms. The Hall–Kier alpha value is -3.04. The number of rotatable bonds is 7. The molecule has 0 atom stereocenters. The van der Waals surface area contributed by atoms with Gasteiger partial charge in [0.1, 0.15) is 5.82 Å². The van der Waals surface area contributed by atoms with Crippen LogP contribution >= 0.6 is 23.1 Å². The largest absolute Gasteiger partial charge is 0.299 e. The van der Waals surface area contributed by atoms with Crippen LogP contribution in [-0.2, 0) is 4.79 Å². The molecule has 6 nitrogen and oxygen atoms in total. The number of aromatic nitrogens is 4. The van der Waals surface area contributed by atoms with E-state index in [-0.39, 0.29) is 23.5 Å². The minimum Gasteiger partial charge on any atom is -0.299 e. The molecule has 0 bridgehead atoms. The first-order valence-corrected chi connectivity index (χ1v) is 12.1. The van der Waals surface area contributed by atoms with Gasteiger partial charge in [0.25, 0.3) is 0 Å². The second-order valence-corrected chi connectivity index (χ2v) is 9.29. The number of aryl methyl sites for hydroxylation is 1. The van der Waals surface area contributed by atoms with Gasteiger partial charge in [-0.15, -0.1) is 21.5 Å². The summed E-state index contributed by atoms with van der Waals surface area (Å²) in [5.41, 5.74) is 2.06. The maximum Gasteiger partial charge on any atom is 0.243 e. The van der Waals surface area contributed by atoms with Crippen molar-refractivity contribution in [3.05, 3.63) is 71.5 Å². The van der Waals surface area contributed by atoms with Crippen molar-refractivity contribution in [2.75, 3.05) is 10.7 Å². The van der Waals surface area contributed by atoms with Gasteiger partial charge in [0.2, 0.25) is 5.91 Å². The normalized spacial score (nSPS) is 13.3. The molecule has 1 amide bonds. The molecule has 1 aliphatic rings. The van der Waals surface area contributed by atoms with Crippen LogP contribution in [0.25, 0.3) is 11.4 Å². The van der Waals surface area contributed by atoms with E-state index in [1.54, 1.807) is 23.1 Å². The molecule has 162 valence electrons. The Balaban J connectivity index is 1.41. The van der Waals surface area contributed by atoms with Gasteiger partial charge in [-0.1, -0.05) is 42.1 Å². The van der Waals surface area contributed by atoms with Crippen molar-refractivity contribution in [3.63, 3.8) is 0 Å². The summed E-state index contributed by atoms with van der Waals surface area (Å²) in [4.78, 5) is 19.5. The van der Waals surface area contributed by atoms with Crippen LogP contribution in [-0.4, -0.2) is 31.4 Å². The minimum absolute atomic E-state index is 0.103. The van der Waals surface area contributed by atoms with Crippen LogP contribution in [0.2, 0.25) is 0 Å². The minimum atomic E-state index is -0.330. The van der Waals surface area contributed by atoms with Crippen molar-refractivity contribution < 1.29 is 9.18 Å². The number of thioether (sulfide) groups is 1. The average molecular weight is 466 g/mol. The number of hydrogen-bond acceptors (Lipinski definition) is 6. The van der Waals surface area contributed by atoms with Crippen LogP contribution in [0.3, 0.4) is 0 Å². The average Bonchev–Trinajstić information content (AvgIpc) is 3.42. The molecule has 0 N–H and O–H groups in total. The predicted molar refractivity (Wildman–Crippen MR) is 125 cm³/mol. The van der Waals surface area contributed by atoms with Gasteiger partial charge in [0.05, 0.1) is 22.7 Å². The lowest BCUT2D eigenvalue weighted by Gasteiger charge is -2.20. The third-order valence-corrected chi connectivity index (χ3v) is 6.95. The molecule has 5 rings (SSSR count). The van der Waals surface area contributed by atoms with Crippen molar-refractivity contribution in [1.82, 2.24) is 19.7 Å². The van der Waals surface area contributed by atoms with Gasteiger partial charge >= 0.3 is 0 Å². The van der Waals surface area contributed by atoms with E-state index >= 15 is 0 Å². The molecule has 1 saturated carbocycles. The zero-order valence-electron chi connectivity index (χ0n) is 17.3. The highest BCUT2D eigenvalue weighted by Gasteiger charge is 2.31. The highest BCUT2D eigenvalue weighted by molar-refractivity contribution is 7.99. The van der Waals surface area contributed by atoms with Crippen LogP contribution in [0.5, 0.6) is 0 Å². The van der Waals surface area contributed by atoms with Gasteiger partial charge in [-0.25, -0.2) is 9.37 Å². The van der Waals surface area contributed by atoms with Crippen LogP contribution < -0.4 is 4.90 Å². The van der Waals surface area contributed by atoms with E-state index in [4.69, 9.17) is 0 Å². The summed E-state index contributed by atoms with van der Waals surface area (Å²) in [5.74, 6) is 0.239. The standard InChI is InChI=1S/C23H20FN5OS2/c1-15-13-31-22(25-15)28(16-7-3-2-4-8-16)20(30)14-32-23-27-26-21(29(23)17-11-12-17)18-9-5-6-10-19(18)24/h2-10,13,17H,11-12,14H2,1H3. The first kappa shape index (κ1) is 20.8. The molecule has 2 heterocycles. The number of nitrogens with zero attached hydrogens (tertiary/aromatic N) is 5. The van der Waals surface area contributed by atoms with Crippen LogP contribution in [0.1, 0.15) is 24.6 Å².